The zero-order chi connectivity index (χ0) is 12.7. The number of hydrogen-bond acceptors (Lipinski definition) is 3. The predicted molar refractivity (Wildman–Crippen MR) is 73.0 cm³/mol. The fraction of sp³-hybridized carbons (Fsp3) is 1.00. The van der Waals surface area contributed by atoms with Crippen LogP contribution in [0.2, 0.25) is 0 Å². The van der Waals surface area contributed by atoms with E-state index in [0.717, 1.165) is 19.3 Å². The Bertz CT molecular complexity index is 301. The van der Waals surface area contributed by atoms with Gasteiger partial charge in [-0.25, -0.2) is 8.42 Å². The number of unbranched alkanes of at least 4 members (excludes halogenated alkanes) is 3. The van der Waals surface area contributed by atoms with Gasteiger partial charge in [-0.05, 0) is 26.2 Å². The standard InChI is InChI=1S/C13H27NO2S/c1-3-4-5-6-8-12(2)14-13-9-7-10-17(15,16)11-13/h12-14H,3-11H2,1-2H3. The van der Waals surface area contributed by atoms with Gasteiger partial charge in [0.15, 0.2) is 9.84 Å². The molecule has 0 amide bonds. The molecule has 4 heteroatoms. The highest BCUT2D eigenvalue weighted by atomic mass is 32.2. The van der Waals surface area contributed by atoms with Gasteiger partial charge in [-0.1, -0.05) is 32.6 Å². The second-order valence-electron chi connectivity index (χ2n) is 5.37. The Balaban J connectivity index is 2.19. The van der Waals surface area contributed by atoms with Crippen LogP contribution in [0.25, 0.3) is 0 Å². The molecule has 0 aromatic carbocycles. The van der Waals surface area contributed by atoms with E-state index in [9.17, 15) is 8.42 Å². The van der Waals surface area contributed by atoms with E-state index in [1.165, 1.54) is 25.7 Å². The van der Waals surface area contributed by atoms with Crippen molar-refractivity contribution in [3.05, 3.63) is 0 Å². The molecule has 0 radical (unpaired) electrons. The minimum Gasteiger partial charge on any atom is -0.310 e. The number of sulfone groups is 1. The molecular formula is C13H27NO2S. The maximum absolute atomic E-state index is 11.5. The first-order chi connectivity index (χ1) is 8.03. The van der Waals surface area contributed by atoms with E-state index < -0.39 is 9.84 Å². The Kier molecular flexibility index (Phi) is 6.49. The molecule has 0 aromatic rings. The van der Waals surface area contributed by atoms with Gasteiger partial charge in [0, 0.05) is 12.1 Å². The first kappa shape index (κ1) is 15.0. The molecule has 0 saturated carbocycles. The summed E-state index contributed by atoms with van der Waals surface area (Å²) in [6.07, 6.45) is 8.12. The summed E-state index contributed by atoms with van der Waals surface area (Å²) in [6, 6.07) is 0.639. The Morgan fingerprint density at radius 1 is 1.29 bits per heavy atom. The fourth-order valence-electron chi connectivity index (χ4n) is 2.52. The molecule has 0 aliphatic carbocycles. The van der Waals surface area contributed by atoms with Crippen LogP contribution in [0.3, 0.4) is 0 Å². The molecular weight excluding hydrogens is 234 g/mol. The third-order valence-corrected chi connectivity index (χ3v) is 5.29. The van der Waals surface area contributed by atoms with Crippen LogP contribution in [-0.2, 0) is 9.84 Å². The van der Waals surface area contributed by atoms with Crippen LogP contribution in [0.5, 0.6) is 0 Å². The van der Waals surface area contributed by atoms with Crippen LogP contribution in [0.1, 0.15) is 58.8 Å². The van der Waals surface area contributed by atoms with Gasteiger partial charge in [0.1, 0.15) is 0 Å². The monoisotopic (exact) mass is 261 g/mol. The molecule has 1 heterocycles. The highest BCUT2D eigenvalue weighted by molar-refractivity contribution is 7.91. The summed E-state index contributed by atoms with van der Waals surface area (Å²) in [7, 11) is -2.77. The zero-order valence-electron chi connectivity index (χ0n) is 11.2. The third-order valence-electron chi connectivity index (χ3n) is 3.47. The van der Waals surface area contributed by atoms with E-state index in [4.69, 9.17) is 0 Å². The number of rotatable bonds is 7. The molecule has 17 heavy (non-hydrogen) atoms. The molecule has 1 N–H and O–H groups in total. The topological polar surface area (TPSA) is 46.2 Å². The lowest BCUT2D eigenvalue weighted by Crippen LogP contribution is -2.44. The summed E-state index contributed by atoms with van der Waals surface area (Å²) < 4.78 is 23.0. The molecule has 1 saturated heterocycles. The van der Waals surface area contributed by atoms with Gasteiger partial charge in [0.2, 0.25) is 0 Å². The van der Waals surface area contributed by atoms with Crippen molar-refractivity contribution in [2.75, 3.05) is 11.5 Å². The zero-order valence-corrected chi connectivity index (χ0v) is 12.1. The molecule has 1 aliphatic heterocycles. The summed E-state index contributed by atoms with van der Waals surface area (Å²) in [4.78, 5) is 0. The summed E-state index contributed by atoms with van der Waals surface area (Å²) >= 11 is 0. The second kappa shape index (κ2) is 7.37. The maximum Gasteiger partial charge on any atom is 0.151 e. The van der Waals surface area contributed by atoms with Crippen molar-refractivity contribution in [2.24, 2.45) is 0 Å². The Morgan fingerprint density at radius 2 is 2.06 bits per heavy atom. The summed E-state index contributed by atoms with van der Waals surface area (Å²) in [6.45, 7) is 4.39. The van der Waals surface area contributed by atoms with Gasteiger partial charge >= 0.3 is 0 Å². The van der Waals surface area contributed by atoms with E-state index >= 15 is 0 Å². The quantitative estimate of drug-likeness (QED) is 0.716. The van der Waals surface area contributed by atoms with Crippen LogP contribution in [0.4, 0.5) is 0 Å². The van der Waals surface area contributed by atoms with Crippen LogP contribution >= 0.6 is 0 Å². The normalized spacial score (nSPS) is 25.6. The first-order valence-electron chi connectivity index (χ1n) is 7.00. The van der Waals surface area contributed by atoms with E-state index in [1.54, 1.807) is 0 Å². The number of nitrogens with one attached hydrogen (secondary N) is 1. The van der Waals surface area contributed by atoms with E-state index in [1.807, 2.05) is 0 Å². The maximum atomic E-state index is 11.5. The minimum atomic E-state index is -2.77. The Hall–Kier alpha value is -0.0900. The summed E-state index contributed by atoms with van der Waals surface area (Å²) in [5.41, 5.74) is 0. The van der Waals surface area contributed by atoms with E-state index in [-0.39, 0.29) is 6.04 Å². The SMILES string of the molecule is CCCCCCC(C)NC1CCCS(=O)(=O)C1. The highest BCUT2D eigenvalue weighted by Gasteiger charge is 2.25. The summed E-state index contributed by atoms with van der Waals surface area (Å²) in [5.74, 6) is 0.725. The van der Waals surface area contributed by atoms with Crippen molar-refractivity contribution in [3.8, 4) is 0 Å². The average molecular weight is 261 g/mol. The molecule has 0 bridgehead atoms. The minimum absolute atomic E-state index is 0.190. The molecule has 3 nitrogen and oxygen atoms in total. The first-order valence-corrected chi connectivity index (χ1v) is 8.82. The van der Waals surface area contributed by atoms with Crippen LogP contribution in [0, 0.1) is 0 Å². The van der Waals surface area contributed by atoms with Crippen molar-refractivity contribution < 1.29 is 8.42 Å². The predicted octanol–water partition coefficient (Wildman–Crippen LogP) is 2.51. The fourth-order valence-corrected chi connectivity index (χ4v) is 4.17. The van der Waals surface area contributed by atoms with Gasteiger partial charge in [0.25, 0.3) is 0 Å². The highest BCUT2D eigenvalue weighted by Crippen LogP contribution is 2.14. The van der Waals surface area contributed by atoms with Gasteiger partial charge in [-0.2, -0.15) is 0 Å². The summed E-state index contributed by atoms with van der Waals surface area (Å²) in [5, 5.41) is 3.47. The van der Waals surface area contributed by atoms with Crippen molar-refractivity contribution in [2.45, 2.75) is 70.9 Å². The smallest absolute Gasteiger partial charge is 0.151 e. The van der Waals surface area contributed by atoms with Crippen LogP contribution in [0.15, 0.2) is 0 Å². The average Bonchev–Trinajstić information content (AvgIpc) is 2.23. The van der Waals surface area contributed by atoms with Crippen LogP contribution in [-0.4, -0.2) is 32.0 Å². The van der Waals surface area contributed by atoms with Crippen molar-refractivity contribution in [3.63, 3.8) is 0 Å². The molecule has 0 spiro atoms. The van der Waals surface area contributed by atoms with Crippen LogP contribution < -0.4 is 5.32 Å². The lowest BCUT2D eigenvalue weighted by atomic mass is 10.1. The van der Waals surface area contributed by atoms with Crippen molar-refractivity contribution >= 4 is 9.84 Å². The molecule has 0 aromatic heterocycles. The van der Waals surface area contributed by atoms with E-state index in [2.05, 4.69) is 19.2 Å². The number of hydrogen-bond donors (Lipinski definition) is 1. The van der Waals surface area contributed by atoms with Crippen molar-refractivity contribution in [1.82, 2.24) is 5.32 Å². The van der Waals surface area contributed by atoms with E-state index in [0.29, 0.717) is 17.5 Å². The van der Waals surface area contributed by atoms with Crippen molar-refractivity contribution in [1.29, 1.82) is 0 Å². The lowest BCUT2D eigenvalue weighted by molar-refractivity contribution is 0.404. The van der Waals surface area contributed by atoms with Gasteiger partial charge in [-0.15, -0.1) is 0 Å². The molecule has 2 atom stereocenters. The third kappa shape index (κ3) is 6.41. The molecule has 2 unspecified atom stereocenters. The van der Waals surface area contributed by atoms with Gasteiger partial charge in [0.05, 0.1) is 11.5 Å². The second-order valence-corrected chi connectivity index (χ2v) is 7.60. The molecule has 1 aliphatic rings. The van der Waals surface area contributed by atoms with Gasteiger partial charge in [-0.3, -0.25) is 0 Å². The largest absolute Gasteiger partial charge is 0.310 e. The Morgan fingerprint density at radius 3 is 2.71 bits per heavy atom. The molecule has 102 valence electrons. The Labute approximate surface area is 106 Å². The molecule has 1 rings (SSSR count). The lowest BCUT2D eigenvalue weighted by Gasteiger charge is -2.26. The van der Waals surface area contributed by atoms with Gasteiger partial charge < -0.3 is 5.32 Å². The molecule has 1 fully saturated rings.